The molecule has 0 aliphatic carbocycles. The lowest BCUT2D eigenvalue weighted by atomic mass is 10.1. The maximum Gasteiger partial charge on any atom is 0.340 e. The van der Waals surface area contributed by atoms with Crippen LogP contribution in [0, 0.1) is 10.1 Å². The van der Waals surface area contributed by atoms with Crippen molar-refractivity contribution in [2.75, 3.05) is 5.32 Å². The van der Waals surface area contributed by atoms with Crippen LogP contribution in [0.1, 0.15) is 35.0 Å². The summed E-state index contributed by atoms with van der Waals surface area (Å²) in [5, 5.41) is 13.4. The number of anilines is 1. The number of rotatable bonds is 4. The van der Waals surface area contributed by atoms with Crippen molar-refractivity contribution in [2.24, 2.45) is 0 Å². The molecule has 1 N–H and O–H groups in total. The third-order valence-electron chi connectivity index (χ3n) is 4.82. The Kier molecular flexibility index (Phi) is 4.26. The second kappa shape index (κ2) is 6.76. The highest BCUT2D eigenvalue weighted by Crippen LogP contribution is 2.38. The smallest absolute Gasteiger partial charge is 0.340 e. The zero-order valence-corrected chi connectivity index (χ0v) is 14.5. The minimum absolute atomic E-state index is 0.0925. The normalized spacial score (nSPS) is 20.6. The van der Waals surface area contributed by atoms with Crippen LogP contribution in [0.4, 0.5) is 11.4 Å². The number of nitro groups is 1. The molecular weight excluding hydrogens is 366 g/mol. The molecule has 2 aliphatic rings. The fourth-order valence-electron chi connectivity index (χ4n) is 3.48. The van der Waals surface area contributed by atoms with E-state index in [4.69, 9.17) is 4.74 Å². The van der Waals surface area contributed by atoms with Gasteiger partial charge < -0.3 is 10.1 Å². The largest absolute Gasteiger partial charge is 0.433 e. The van der Waals surface area contributed by atoms with Gasteiger partial charge in [0.25, 0.3) is 5.69 Å². The van der Waals surface area contributed by atoms with Crippen molar-refractivity contribution in [2.45, 2.75) is 25.1 Å². The Morgan fingerprint density at radius 3 is 2.57 bits per heavy atom. The first-order valence-electron chi connectivity index (χ1n) is 8.62. The average Bonchev–Trinajstić information content (AvgIpc) is 3.22. The van der Waals surface area contributed by atoms with Crippen LogP contribution in [0.25, 0.3) is 0 Å². The monoisotopic (exact) mass is 381 g/mol. The van der Waals surface area contributed by atoms with E-state index in [9.17, 15) is 24.5 Å². The Hall–Kier alpha value is -3.75. The van der Waals surface area contributed by atoms with Crippen LogP contribution in [0.2, 0.25) is 0 Å². The maximum atomic E-state index is 12.8. The highest BCUT2D eigenvalue weighted by atomic mass is 16.6. The Morgan fingerprint density at radius 2 is 1.86 bits per heavy atom. The van der Waals surface area contributed by atoms with Crippen molar-refractivity contribution >= 4 is 29.2 Å². The number of hydrogen-bond donors (Lipinski definition) is 1. The fourth-order valence-corrected chi connectivity index (χ4v) is 3.48. The van der Waals surface area contributed by atoms with Crippen LogP contribution in [0.15, 0.2) is 48.5 Å². The number of amides is 2. The Balaban J connectivity index is 1.56. The summed E-state index contributed by atoms with van der Waals surface area (Å²) in [6.07, 6.45) is -0.492. The lowest BCUT2D eigenvalue weighted by Gasteiger charge is -2.29. The highest BCUT2D eigenvalue weighted by Gasteiger charge is 2.46. The molecule has 2 aliphatic heterocycles. The number of benzene rings is 2. The molecule has 2 unspecified atom stereocenters. The molecule has 9 heteroatoms. The van der Waals surface area contributed by atoms with Gasteiger partial charge in [-0.15, -0.1) is 0 Å². The van der Waals surface area contributed by atoms with Crippen molar-refractivity contribution in [1.29, 1.82) is 0 Å². The van der Waals surface area contributed by atoms with E-state index in [2.05, 4.69) is 5.32 Å². The molecular formula is C19H15N3O6. The molecule has 0 saturated carbocycles. The van der Waals surface area contributed by atoms with Crippen molar-refractivity contribution in [3.63, 3.8) is 0 Å². The van der Waals surface area contributed by atoms with Gasteiger partial charge in [-0.05, 0) is 24.6 Å². The Bertz CT molecular complexity index is 987. The molecule has 2 amide bonds. The SMILES string of the molecule is O=C1OC(N2C(=O)CCC2C(=O)Nc2ccc([N+](=O)[O-])cc2)c2ccccc21. The zero-order valence-electron chi connectivity index (χ0n) is 14.5. The Labute approximate surface area is 159 Å². The molecule has 2 aromatic carbocycles. The first-order valence-corrected chi connectivity index (χ1v) is 8.62. The van der Waals surface area contributed by atoms with E-state index < -0.39 is 29.1 Å². The second-order valence-electron chi connectivity index (χ2n) is 6.49. The van der Waals surface area contributed by atoms with Crippen LogP contribution >= 0.6 is 0 Å². The quantitative estimate of drug-likeness (QED) is 0.493. The molecule has 2 heterocycles. The summed E-state index contributed by atoms with van der Waals surface area (Å²) < 4.78 is 5.37. The number of nitro benzene ring substituents is 1. The van der Waals surface area contributed by atoms with Crippen LogP contribution in [-0.4, -0.2) is 33.6 Å². The number of esters is 1. The predicted molar refractivity (Wildman–Crippen MR) is 96.2 cm³/mol. The van der Waals surface area contributed by atoms with Gasteiger partial charge in [0.2, 0.25) is 18.0 Å². The van der Waals surface area contributed by atoms with E-state index in [0.717, 1.165) is 0 Å². The molecule has 4 rings (SSSR count). The van der Waals surface area contributed by atoms with Gasteiger partial charge in [0, 0.05) is 29.8 Å². The average molecular weight is 381 g/mol. The predicted octanol–water partition coefficient (Wildman–Crippen LogP) is 2.39. The zero-order chi connectivity index (χ0) is 19.8. The molecule has 9 nitrogen and oxygen atoms in total. The van der Waals surface area contributed by atoms with Gasteiger partial charge in [0.15, 0.2) is 0 Å². The molecule has 0 radical (unpaired) electrons. The number of carbonyl (C=O) groups excluding carboxylic acids is 3. The van der Waals surface area contributed by atoms with Crippen LogP contribution < -0.4 is 5.32 Å². The lowest BCUT2D eigenvalue weighted by molar-refractivity contribution is -0.384. The van der Waals surface area contributed by atoms with E-state index in [1.165, 1.54) is 29.2 Å². The summed E-state index contributed by atoms with van der Waals surface area (Å²) >= 11 is 0. The number of likely N-dealkylation sites (tertiary alicyclic amines) is 1. The molecule has 28 heavy (non-hydrogen) atoms. The topological polar surface area (TPSA) is 119 Å². The molecule has 0 spiro atoms. The Morgan fingerprint density at radius 1 is 1.14 bits per heavy atom. The van der Waals surface area contributed by atoms with E-state index in [1.54, 1.807) is 24.3 Å². The number of ether oxygens (including phenoxy) is 1. The number of cyclic esters (lactones) is 1. The molecule has 0 bridgehead atoms. The summed E-state index contributed by atoms with van der Waals surface area (Å²) in [5.74, 6) is -1.26. The number of carbonyl (C=O) groups is 3. The van der Waals surface area contributed by atoms with Crippen LogP contribution in [-0.2, 0) is 14.3 Å². The second-order valence-corrected chi connectivity index (χ2v) is 6.49. The molecule has 2 aromatic rings. The van der Waals surface area contributed by atoms with E-state index in [1.807, 2.05) is 0 Å². The number of fused-ring (bicyclic) bond motifs is 1. The van der Waals surface area contributed by atoms with Gasteiger partial charge in [-0.3, -0.25) is 24.6 Å². The summed E-state index contributed by atoms with van der Waals surface area (Å²) in [6.45, 7) is 0. The summed E-state index contributed by atoms with van der Waals surface area (Å²) in [5.41, 5.74) is 1.21. The minimum Gasteiger partial charge on any atom is -0.433 e. The van der Waals surface area contributed by atoms with Gasteiger partial charge in [0.05, 0.1) is 10.5 Å². The van der Waals surface area contributed by atoms with E-state index >= 15 is 0 Å². The van der Waals surface area contributed by atoms with Crippen molar-refractivity contribution < 1.29 is 24.0 Å². The van der Waals surface area contributed by atoms with Crippen molar-refractivity contribution in [3.8, 4) is 0 Å². The van der Waals surface area contributed by atoms with Gasteiger partial charge >= 0.3 is 5.97 Å². The first kappa shape index (κ1) is 17.7. The number of hydrogen-bond acceptors (Lipinski definition) is 6. The molecule has 142 valence electrons. The first-order chi connectivity index (χ1) is 13.5. The van der Waals surface area contributed by atoms with Gasteiger partial charge in [-0.2, -0.15) is 0 Å². The van der Waals surface area contributed by atoms with Crippen LogP contribution in [0.5, 0.6) is 0 Å². The third-order valence-corrected chi connectivity index (χ3v) is 4.82. The number of nitrogens with zero attached hydrogens (tertiary/aromatic N) is 2. The minimum atomic E-state index is -0.939. The van der Waals surface area contributed by atoms with Crippen LogP contribution in [0.3, 0.4) is 0 Å². The lowest BCUT2D eigenvalue weighted by Crippen LogP contribution is -2.43. The molecule has 2 atom stereocenters. The standard InChI is InChI=1S/C19H15N3O6/c23-16-10-9-15(17(24)20-11-5-7-12(8-6-11)22(26)27)21(16)18-13-3-1-2-4-14(13)19(25)28-18/h1-8,15,18H,9-10H2,(H,20,24). The summed E-state index contributed by atoms with van der Waals surface area (Å²) in [4.78, 5) is 48.8. The maximum absolute atomic E-state index is 12.8. The van der Waals surface area contributed by atoms with Crippen molar-refractivity contribution in [1.82, 2.24) is 4.90 Å². The van der Waals surface area contributed by atoms with Gasteiger partial charge in [-0.1, -0.05) is 18.2 Å². The third kappa shape index (κ3) is 2.96. The van der Waals surface area contributed by atoms with E-state index in [-0.39, 0.29) is 24.4 Å². The molecule has 0 aromatic heterocycles. The molecule has 1 fully saturated rings. The van der Waals surface area contributed by atoms with E-state index in [0.29, 0.717) is 16.8 Å². The summed E-state index contributed by atoms with van der Waals surface area (Å²) in [7, 11) is 0. The highest BCUT2D eigenvalue weighted by molar-refractivity contribution is 6.00. The van der Waals surface area contributed by atoms with Gasteiger partial charge in [-0.25, -0.2) is 4.79 Å². The van der Waals surface area contributed by atoms with Crippen molar-refractivity contribution in [3.05, 3.63) is 69.8 Å². The summed E-state index contributed by atoms with van der Waals surface area (Å²) in [6, 6.07) is 11.3. The fraction of sp³-hybridized carbons (Fsp3) is 0.211. The molecule has 1 saturated heterocycles. The van der Waals surface area contributed by atoms with Gasteiger partial charge in [0.1, 0.15) is 6.04 Å². The number of nitrogens with one attached hydrogen (secondary N) is 1. The number of non-ortho nitro benzene ring substituents is 1.